The Kier molecular flexibility index (Phi) is 4.75. The fraction of sp³-hybridized carbons (Fsp3) is 0. The molecule has 1 heterocycles. The second-order valence-corrected chi connectivity index (χ2v) is 6.51. The molecule has 32 heavy (non-hydrogen) atoms. The summed E-state index contributed by atoms with van der Waals surface area (Å²) in [4.78, 5) is 0. The SMILES string of the molecule is Fc1c(F)c(F)c(B2c3c(F)c(F)c(F)c(F)c3-c3c(F)c(F)c(F)c(F)c32)c(F)c1F. The predicted molar refractivity (Wildman–Crippen MR) is 82.4 cm³/mol. The number of hydrogen-bond acceptors (Lipinski definition) is 0. The summed E-state index contributed by atoms with van der Waals surface area (Å²) in [6.07, 6.45) is 0. The van der Waals surface area contributed by atoms with Crippen LogP contribution in [0.25, 0.3) is 11.1 Å². The van der Waals surface area contributed by atoms with Crippen molar-refractivity contribution >= 4 is 23.1 Å². The molecule has 0 spiro atoms. The Bertz CT molecular complexity index is 1270. The molecule has 0 radical (unpaired) electrons. The molecule has 1 aliphatic rings. The number of hydrogen-bond donors (Lipinski definition) is 0. The minimum absolute atomic E-state index is 1.83. The highest BCUT2D eigenvalue weighted by Gasteiger charge is 2.49. The van der Waals surface area contributed by atoms with Crippen molar-refractivity contribution < 1.29 is 57.1 Å². The molecule has 0 N–H and O–H groups in total. The Hall–Kier alpha value is -3.19. The maximum atomic E-state index is 14.5. The van der Waals surface area contributed by atoms with Gasteiger partial charge in [-0.25, -0.2) is 57.1 Å². The summed E-state index contributed by atoms with van der Waals surface area (Å²) < 4.78 is 182. The van der Waals surface area contributed by atoms with Crippen molar-refractivity contribution in [2.75, 3.05) is 0 Å². The van der Waals surface area contributed by atoms with Crippen LogP contribution in [0.2, 0.25) is 0 Å². The summed E-state index contributed by atoms with van der Waals surface area (Å²) in [6.45, 7) is -3.13. The van der Waals surface area contributed by atoms with E-state index in [2.05, 4.69) is 0 Å². The highest BCUT2D eigenvalue weighted by atomic mass is 19.2. The van der Waals surface area contributed by atoms with Gasteiger partial charge < -0.3 is 0 Å². The quantitative estimate of drug-likeness (QED) is 0.170. The van der Waals surface area contributed by atoms with Crippen LogP contribution in [0.3, 0.4) is 0 Å². The summed E-state index contributed by atoms with van der Waals surface area (Å²) in [7, 11) is 0. The van der Waals surface area contributed by atoms with Crippen LogP contribution in [0.5, 0.6) is 0 Å². The summed E-state index contributed by atoms with van der Waals surface area (Å²) in [6, 6.07) is 0. The summed E-state index contributed by atoms with van der Waals surface area (Å²) in [5.41, 5.74) is -9.53. The minimum Gasteiger partial charge on any atom is -0.204 e. The van der Waals surface area contributed by atoms with Gasteiger partial charge in [0.25, 0.3) is 6.71 Å². The van der Waals surface area contributed by atoms with Crippen molar-refractivity contribution in [2.24, 2.45) is 0 Å². The number of fused-ring (bicyclic) bond motifs is 3. The van der Waals surface area contributed by atoms with E-state index in [4.69, 9.17) is 0 Å². The molecule has 0 saturated carbocycles. The zero-order valence-corrected chi connectivity index (χ0v) is 14.5. The van der Waals surface area contributed by atoms with Crippen LogP contribution < -0.4 is 16.4 Å². The average molecular weight is 474 g/mol. The molecule has 0 atom stereocenters. The van der Waals surface area contributed by atoms with Gasteiger partial charge in [-0.1, -0.05) is 0 Å². The fourth-order valence-corrected chi connectivity index (χ4v) is 3.64. The minimum atomic E-state index is -3.13. The lowest BCUT2D eigenvalue weighted by Crippen LogP contribution is -2.55. The Balaban J connectivity index is 2.31. The summed E-state index contributed by atoms with van der Waals surface area (Å²) in [5, 5.41) is 0. The second-order valence-electron chi connectivity index (χ2n) is 6.51. The van der Waals surface area contributed by atoms with Crippen molar-refractivity contribution in [3.63, 3.8) is 0 Å². The Morgan fingerprint density at radius 3 is 0.781 bits per heavy atom. The number of rotatable bonds is 1. The Morgan fingerprint density at radius 2 is 0.469 bits per heavy atom. The van der Waals surface area contributed by atoms with E-state index in [0.29, 0.717) is 0 Å². The maximum Gasteiger partial charge on any atom is 0.258 e. The lowest BCUT2D eigenvalue weighted by atomic mass is 9.38. The van der Waals surface area contributed by atoms with E-state index >= 15 is 0 Å². The van der Waals surface area contributed by atoms with Crippen LogP contribution in [0.4, 0.5) is 57.1 Å². The van der Waals surface area contributed by atoms with E-state index in [-0.39, 0.29) is 0 Å². The first-order valence-electron chi connectivity index (χ1n) is 8.07. The van der Waals surface area contributed by atoms with Crippen molar-refractivity contribution in [1.29, 1.82) is 0 Å². The zero-order valence-electron chi connectivity index (χ0n) is 14.5. The highest BCUT2D eigenvalue weighted by molar-refractivity contribution is 6.99. The predicted octanol–water partition coefficient (Wildman–Crippen LogP) is 3.99. The van der Waals surface area contributed by atoms with Gasteiger partial charge in [0.15, 0.2) is 75.6 Å². The summed E-state index contributed by atoms with van der Waals surface area (Å²) in [5.74, 6) is -34.5. The largest absolute Gasteiger partial charge is 0.258 e. The van der Waals surface area contributed by atoms with Gasteiger partial charge in [0.2, 0.25) is 0 Å². The van der Waals surface area contributed by atoms with Gasteiger partial charge in [0.1, 0.15) is 0 Å². The molecule has 14 heteroatoms. The van der Waals surface area contributed by atoms with E-state index in [1.807, 2.05) is 0 Å². The van der Waals surface area contributed by atoms with Gasteiger partial charge in [-0.15, -0.1) is 0 Å². The monoisotopic (exact) mass is 474 g/mol. The molecule has 0 unspecified atom stereocenters. The molecule has 4 rings (SSSR count). The molecular formula is C18BF13. The molecule has 0 bridgehead atoms. The molecule has 3 aromatic rings. The van der Waals surface area contributed by atoms with Gasteiger partial charge >= 0.3 is 0 Å². The molecule has 0 amide bonds. The third-order valence-corrected chi connectivity index (χ3v) is 4.97. The van der Waals surface area contributed by atoms with E-state index in [1.54, 1.807) is 0 Å². The van der Waals surface area contributed by atoms with E-state index in [9.17, 15) is 57.1 Å². The van der Waals surface area contributed by atoms with Gasteiger partial charge in [0.05, 0.1) is 0 Å². The topological polar surface area (TPSA) is 0 Å². The van der Waals surface area contributed by atoms with Gasteiger partial charge in [-0.2, -0.15) is 0 Å². The Labute approximate surface area is 168 Å². The molecule has 1 aliphatic heterocycles. The van der Waals surface area contributed by atoms with Gasteiger partial charge in [-0.3, -0.25) is 0 Å². The molecule has 0 nitrogen and oxygen atoms in total. The lowest BCUT2D eigenvalue weighted by Gasteiger charge is -2.16. The first kappa shape index (κ1) is 22.0. The van der Waals surface area contributed by atoms with E-state index in [1.165, 1.54) is 0 Å². The second kappa shape index (κ2) is 6.91. The summed E-state index contributed by atoms with van der Waals surface area (Å²) >= 11 is 0. The van der Waals surface area contributed by atoms with Crippen LogP contribution in [0, 0.1) is 75.6 Å². The van der Waals surface area contributed by atoms with E-state index in [0.717, 1.165) is 0 Å². The first-order chi connectivity index (χ1) is 14.8. The van der Waals surface area contributed by atoms with Crippen LogP contribution in [0.15, 0.2) is 0 Å². The van der Waals surface area contributed by atoms with Crippen LogP contribution in [-0.2, 0) is 0 Å². The fourth-order valence-electron chi connectivity index (χ4n) is 3.64. The normalized spacial score (nSPS) is 12.5. The number of benzene rings is 3. The third-order valence-electron chi connectivity index (χ3n) is 4.97. The van der Waals surface area contributed by atoms with Crippen molar-refractivity contribution in [3.8, 4) is 11.1 Å². The first-order valence-corrected chi connectivity index (χ1v) is 8.07. The molecule has 0 aromatic heterocycles. The molecular weight excluding hydrogens is 474 g/mol. The molecule has 166 valence electrons. The molecule has 0 fully saturated rings. The average Bonchev–Trinajstić information content (AvgIpc) is 3.12. The highest BCUT2D eigenvalue weighted by Crippen LogP contribution is 2.35. The Morgan fingerprint density at radius 1 is 0.250 bits per heavy atom. The molecule has 3 aromatic carbocycles. The zero-order chi connectivity index (χ0) is 24.0. The van der Waals surface area contributed by atoms with Crippen molar-refractivity contribution in [1.82, 2.24) is 0 Å². The van der Waals surface area contributed by atoms with Crippen molar-refractivity contribution in [2.45, 2.75) is 0 Å². The van der Waals surface area contributed by atoms with Crippen LogP contribution in [0.1, 0.15) is 0 Å². The maximum absolute atomic E-state index is 14.5. The van der Waals surface area contributed by atoms with Crippen molar-refractivity contribution in [3.05, 3.63) is 75.6 Å². The van der Waals surface area contributed by atoms with Gasteiger partial charge in [0, 0.05) is 16.6 Å². The number of halogens is 13. The van der Waals surface area contributed by atoms with E-state index < -0.39 is 110 Å². The lowest BCUT2D eigenvalue weighted by molar-refractivity contribution is 0.384. The van der Waals surface area contributed by atoms with Crippen LogP contribution >= 0.6 is 0 Å². The molecule has 0 saturated heterocycles. The smallest absolute Gasteiger partial charge is 0.204 e. The third kappa shape index (κ3) is 2.48. The van der Waals surface area contributed by atoms with Crippen LogP contribution in [-0.4, -0.2) is 6.71 Å². The standard InChI is InChI=1S/C18BF13/c20-6-1-2-4(9(23)15(29)13(27)7(2)21)19(3(1)8(22)14(28)12(6)26)5-10(24)16(30)18(32)17(31)11(5)25. The van der Waals surface area contributed by atoms with Gasteiger partial charge in [-0.05, 0) is 10.9 Å². The molecule has 0 aliphatic carbocycles.